The largest absolute Gasteiger partial charge is 0.368 e. The predicted molar refractivity (Wildman–Crippen MR) is 81.7 cm³/mol. The molecule has 1 atom stereocenters. The monoisotopic (exact) mass is 293 g/mol. The van der Waals surface area contributed by atoms with E-state index in [1.165, 1.54) is 0 Å². The molecule has 3 N–H and O–H groups in total. The first kappa shape index (κ1) is 15.9. The summed E-state index contributed by atoms with van der Waals surface area (Å²) < 4.78 is 1.87. The van der Waals surface area contributed by atoms with E-state index >= 15 is 0 Å². The van der Waals surface area contributed by atoms with Gasteiger partial charge in [0.2, 0.25) is 5.91 Å². The van der Waals surface area contributed by atoms with Gasteiger partial charge in [-0.25, -0.2) is 9.67 Å². The maximum absolute atomic E-state index is 12.2. The second-order valence-corrected chi connectivity index (χ2v) is 6.22. The number of rotatable bonds is 8. The molecule has 0 bridgehead atoms. The number of primary amides is 1. The van der Waals surface area contributed by atoms with Crippen LogP contribution in [0.1, 0.15) is 52.2 Å². The number of nitrogens with zero attached hydrogens (tertiary/aromatic N) is 3. The highest BCUT2D eigenvalue weighted by Gasteiger charge is 2.50. The van der Waals surface area contributed by atoms with Gasteiger partial charge in [-0.1, -0.05) is 13.8 Å². The van der Waals surface area contributed by atoms with Crippen molar-refractivity contribution in [1.29, 1.82) is 0 Å². The van der Waals surface area contributed by atoms with Crippen LogP contribution in [-0.4, -0.2) is 32.3 Å². The van der Waals surface area contributed by atoms with E-state index in [0.717, 1.165) is 37.3 Å². The Morgan fingerprint density at radius 2 is 2.10 bits per heavy atom. The van der Waals surface area contributed by atoms with Crippen LogP contribution in [0.4, 0.5) is 0 Å². The van der Waals surface area contributed by atoms with E-state index < -0.39 is 5.54 Å². The molecule has 6 nitrogen and oxygen atoms in total. The summed E-state index contributed by atoms with van der Waals surface area (Å²) in [6.45, 7) is 8.65. The zero-order valence-electron chi connectivity index (χ0n) is 13.5. The molecule has 1 heterocycles. The maximum atomic E-state index is 12.2. The van der Waals surface area contributed by atoms with Crippen LogP contribution in [-0.2, 0) is 24.2 Å². The minimum Gasteiger partial charge on any atom is -0.368 e. The Hall–Kier alpha value is -1.43. The Morgan fingerprint density at radius 1 is 1.43 bits per heavy atom. The van der Waals surface area contributed by atoms with E-state index in [-0.39, 0.29) is 11.9 Å². The number of hydrogen-bond acceptors (Lipinski definition) is 4. The van der Waals surface area contributed by atoms with Gasteiger partial charge in [0.05, 0.1) is 6.54 Å². The fourth-order valence-electron chi connectivity index (χ4n) is 2.93. The van der Waals surface area contributed by atoms with Gasteiger partial charge in [0.15, 0.2) is 5.82 Å². The number of hydrogen-bond donors (Lipinski definition) is 2. The molecule has 2 rings (SSSR count). The lowest BCUT2D eigenvalue weighted by atomic mass is 9.91. The standard InChI is InChI=1S/C15H27N5O/c1-5-12-17-13(6-2)20(19-12)9-15(14(16)21,11-7-8-11)18-10(3)4/h10-11,18H,5-9H2,1-4H3,(H2,16,21). The van der Waals surface area contributed by atoms with Gasteiger partial charge in [-0.15, -0.1) is 0 Å². The molecule has 0 aliphatic heterocycles. The predicted octanol–water partition coefficient (Wildman–Crippen LogP) is 1.04. The van der Waals surface area contributed by atoms with Crippen LogP contribution in [0.2, 0.25) is 0 Å². The smallest absolute Gasteiger partial charge is 0.239 e. The van der Waals surface area contributed by atoms with Crippen LogP contribution in [0.5, 0.6) is 0 Å². The molecule has 0 aromatic carbocycles. The van der Waals surface area contributed by atoms with Crippen molar-refractivity contribution >= 4 is 5.91 Å². The number of amides is 1. The van der Waals surface area contributed by atoms with Crippen molar-refractivity contribution in [2.75, 3.05) is 0 Å². The van der Waals surface area contributed by atoms with Crippen molar-refractivity contribution in [2.24, 2.45) is 11.7 Å². The Labute approximate surface area is 126 Å². The molecule has 118 valence electrons. The summed E-state index contributed by atoms with van der Waals surface area (Å²) in [6, 6.07) is 0.192. The second kappa shape index (κ2) is 6.13. The van der Waals surface area contributed by atoms with Gasteiger partial charge in [0.25, 0.3) is 0 Å². The number of aryl methyl sites for hydroxylation is 2. The van der Waals surface area contributed by atoms with E-state index in [0.29, 0.717) is 12.5 Å². The van der Waals surface area contributed by atoms with Crippen LogP contribution >= 0.6 is 0 Å². The van der Waals surface area contributed by atoms with Crippen molar-refractivity contribution in [3.63, 3.8) is 0 Å². The highest BCUT2D eigenvalue weighted by atomic mass is 16.1. The lowest BCUT2D eigenvalue weighted by Gasteiger charge is -2.34. The molecular formula is C15H27N5O. The van der Waals surface area contributed by atoms with Crippen molar-refractivity contribution in [1.82, 2.24) is 20.1 Å². The minimum absolute atomic E-state index is 0.192. The van der Waals surface area contributed by atoms with Gasteiger partial charge in [-0.3, -0.25) is 10.1 Å². The van der Waals surface area contributed by atoms with Gasteiger partial charge in [0.1, 0.15) is 11.4 Å². The fraction of sp³-hybridized carbons (Fsp3) is 0.800. The second-order valence-electron chi connectivity index (χ2n) is 6.22. The molecule has 0 spiro atoms. The summed E-state index contributed by atoms with van der Waals surface area (Å²) in [6.07, 6.45) is 3.68. The Morgan fingerprint density at radius 3 is 2.52 bits per heavy atom. The number of carbonyl (C=O) groups excluding carboxylic acids is 1. The Kier molecular flexibility index (Phi) is 4.66. The molecule has 0 saturated heterocycles. The van der Waals surface area contributed by atoms with Gasteiger partial charge in [-0.05, 0) is 32.6 Å². The molecule has 1 amide bonds. The van der Waals surface area contributed by atoms with Crippen molar-refractivity contribution in [3.8, 4) is 0 Å². The third-order valence-electron chi connectivity index (χ3n) is 4.08. The van der Waals surface area contributed by atoms with Crippen molar-refractivity contribution in [2.45, 2.75) is 71.5 Å². The lowest BCUT2D eigenvalue weighted by molar-refractivity contribution is -0.126. The summed E-state index contributed by atoms with van der Waals surface area (Å²) >= 11 is 0. The third kappa shape index (κ3) is 3.26. The Bertz CT molecular complexity index is 506. The Balaban J connectivity index is 2.34. The fourth-order valence-corrected chi connectivity index (χ4v) is 2.93. The van der Waals surface area contributed by atoms with E-state index in [4.69, 9.17) is 5.73 Å². The van der Waals surface area contributed by atoms with Gasteiger partial charge in [0, 0.05) is 18.9 Å². The summed E-state index contributed by atoms with van der Waals surface area (Å²) in [5.74, 6) is 1.76. The van der Waals surface area contributed by atoms with Crippen LogP contribution in [0.3, 0.4) is 0 Å². The number of nitrogens with one attached hydrogen (secondary N) is 1. The van der Waals surface area contributed by atoms with E-state index in [2.05, 4.69) is 22.3 Å². The zero-order valence-corrected chi connectivity index (χ0v) is 13.5. The topological polar surface area (TPSA) is 85.8 Å². The van der Waals surface area contributed by atoms with Crippen LogP contribution < -0.4 is 11.1 Å². The molecule has 1 aromatic heterocycles. The van der Waals surface area contributed by atoms with Gasteiger partial charge in [-0.2, -0.15) is 5.10 Å². The van der Waals surface area contributed by atoms with Crippen LogP contribution in [0.25, 0.3) is 0 Å². The average molecular weight is 293 g/mol. The zero-order chi connectivity index (χ0) is 15.6. The van der Waals surface area contributed by atoms with E-state index in [1.54, 1.807) is 0 Å². The van der Waals surface area contributed by atoms with E-state index in [1.807, 2.05) is 25.5 Å². The third-order valence-corrected chi connectivity index (χ3v) is 4.08. The maximum Gasteiger partial charge on any atom is 0.239 e. The van der Waals surface area contributed by atoms with Crippen LogP contribution in [0, 0.1) is 5.92 Å². The molecule has 1 saturated carbocycles. The highest BCUT2D eigenvalue weighted by Crippen LogP contribution is 2.41. The first-order valence-corrected chi connectivity index (χ1v) is 7.93. The number of nitrogens with two attached hydrogens (primary N) is 1. The SMILES string of the molecule is CCc1nc(CC)n(CC(NC(C)C)(C(N)=O)C2CC2)n1. The quantitative estimate of drug-likeness (QED) is 0.749. The molecule has 1 aromatic rings. The normalized spacial score (nSPS) is 18.0. The minimum atomic E-state index is -0.712. The number of aromatic nitrogens is 3. The molecule has 6 heteroatoms. The summed E-state index contributed by atoms with van der Waals surface area (Å²) in [5.41, 5.74) is 5.07. The highest BCUT2D eigenvalue weighted by molar-refractivity contribution is 5.85. The molecule has 1 fully saturated rings. The summed E-state index contributed by atoms with van der Waals surface area (Å²) in [7, 11) is 0. The van der Waals surface area contributed by atoms with Crippen LogP contribution in [0.15, 0.2) is 0 Å². The molecule has 1 aliphatic carbocycles. The first-order chi connectivity index (χ1) is 9.92. The van der Waals surface area contributed by atoms with Gasteiger partial charge < -0.3 is 5.73 Å². The molecule has 21 heavy (non-hydrogen) atoms. The molecular weight excluding hydrogens is 266 g/mol. The van der Waals surface area contributed by atoms with Crippen molar-refractivity contribution in [3.05, 3.63) is 11.6 Å². The molecule has 1 aliphatic rings. The summed E-state index contributed by atoms with van der Waals surface area (Å²) in [4.78, 5) is 16.7. The molecule has 0 radical (unpaired) electrons. The van der Waals surface area contributed by atoms with Crippen molar-refractivity contribution < 1.29 is 4.79 Å². The summed E-state index contributed by atoms with van der Waals surface area (Å²) in [5, 5.41) is 7.96. The van der Waals surface area contributed by atoms with E-state index in [9.17, 15) is 4.79 Å². The lowest BCUT2D eigenvalue weighted by Crippen LogP contribution is -2.62. The number of carbonyl (C=O) groups is 1. The average Bonchev–Trinajstić information content (AvgIpc) is 3.19. The first-order valence-electron chi connectivity index (χ1n) is 7.93. The van der Waals surface area contributed by atoms with Gasteiger partial charge >= 0.3 is 0 Å². The molecule has 1 unspecified atom stereocenters.